The fraction of sp³-hybridized carbons (Fsp3) is 0.294. The lowest BCUT2D eigenvalue weighted by Gasteiger charge is -2.39. The summed E-state index contributed by atoms with van der Waals surface area (Å²) in [6.45, 7) is 0.0737. The predicted octanol–water partition coefficient (Wildman–Crippen LogP) is 4.74. The average Bonchev–Trinajstić information content (AvgIpc) is 2.51. The van der Waals surface area contributed by atoms with E-state index in [4.69, 9.17) is 11.6 Å². The highest BCUT2D eigenvalue weighted by Crippen LogP contribution is 2.38. The van der Waals surface area contributed by atoms with Crippen LogP contribution < -0.4 is 5.32 Å². The third-order valence-corrected chi connectivity index (χ3v) is 5.37. The van der Waals surface area contributed by atoms with Gasteiger partial charge in [-0.25, -0.2) is 0 Å². The van der Waals surface area contributed by atoms with Crippen LogP contribution in [0.15, 0.2) is 46.9 Å². The lowest BCUT2D eigenvalue weighted by Crippen LogP contribution is -2.42. The fourth-order valence-corrected chi connectivity index (χ4v) is 3.60. The van der Waals surface area contributed by atoms with Gasteiger partial charge >= 0.3 is 0 Å². The van der Waals surface area contributed by atoms with E-state index in [1.807, 2.05) is 24.3 Å². The van der Waals surface area contributed by atoms with Crippen LogP contribution in [0, 0.1) is 0 Å². The summed E-state index contributed by atoms with van der Waals surface area (Å²) < 4.78 is 0.853. The summed E-state index contributed by atoms with van der Waals surface area (Å²) in [5.74, 6) is 0. The Morgan fingerprint density at radius 2 is 2.05 bits per heavy atom. The molecule has 2 N–H and O–H groups in total. The Morgan fingerprint density at radius 3 is 2.81 bits per heavy atom. The Hall–Kier alpha value is -1.03. The van der Waals surface area contributed by atoms with Crippen molar-refractivity contribution >= 4 is 33.2 Å². The van der Waals surface area contributed by atoms with Gasteiger partial charge in [-0.2, -0.15) is 0 Å². The fourth-order valence-electron chi connectivity index (χ4n) is 3.10. The summed E-state index contributed by atoms with van der Waals surface area (Å²) in [4.78, 5) is 0. The van der Waals surface area contributed by atoms with Crippen LogP contribution in [-0.2, 0) is 12.0 Å². The molecule has 3 rings (SSSR count). The van der Waals surface area contributed by atoms with E-state index in [1.165, 1.54) is 11.1 Å². The molecule has 0 amide bonds. The second kappa shape index (κ2) is 5.99. The molecule has 21 heavy (non-hydrogen) atoms. The minimum absolute atomic E-state index is 0.0737. The molecule has 4 heteroatoms. The number of fused-ring (bicyclic) bond motifs is 1. The van der Waals surface area contributed by atoms with Gasteiger partial charge in [0.25, 0.3) is 0 Å². The van der Waals surface area contributed by atoms with Crippen molar-refractivity contribution < 1.29 is 5.11 Å². The molecule has 1 unspecified atom stereocenters. The van der Waals surface area contributed by atoms with Gasteiger partial charge < -0.3 is 10.4 Å². The van der Waals surface area contributed by atoms with Crippen LogP contribution in [0.2, 0.25) is 5.02 Å². The molecule has 0 radical (unpaired) electrons. The van der Waals surface area contributed by atoms with E-state index in [0.717, 1.165) is 29.4 Å². The van der Waals surface area contributed by atoms with Crippen molar-refractivity contribution in [2.45, 2.75) is 24.8 Å². The Balaban J connectivity index is 2.00. The molecule has 0 heterocycles. The minimum atomic E-state index is -0.415. The molecule has 0 bridgehead atoms. The van der Waals surface area contributed by atoms with Gasteiger partial charge in [-0.05, 0) is 64.5 Å². The zero-order valence-electron chi connectivity index (χ0n) is 11.6. The van der Waals surface area contributed by atoms with Crippen LogP contribution in [0.5, 0.6) is 0 Å². The Labute approximate surface area is 138 Å². The van der Waals surface area contributed by atoms with Crippen molar-refractivity contribution in [1.29, 1.82) is 0 Å². The molecule has 0 aromatic heterocycles. The normalized spacial score (nSPS) is 20.9. The number of benzene rings is 2. The molecular weight excluding hydrogens is 350 g/mol. The highest BCUT2D eigenvalue weighted by Gasteiger charge is 2.35. The Morgan fingerprint density at radius 1 is 1.24 bits per heavy atom. The highest BCUT2D eigenvalue weighted by molar-refractivity contribution is 9.10. The maximum absolute atomic E-state index is 10.1. The summed E-state index contributed by atoms with van der Waals surface area (Å²) in [6.07, 6.45) is 3.06. The van der Waals surface area contributed by atoms with E-state index in [0.29, 0.717) is 5.02 Å². The molecule has 1 aliphatic carbocycles. The average molecular weight is 367 g/mol. The molecule has 1 aliphatic rings. The van der Waals surface area contributed by atoms with Crippen molar-refractivity contribution in [3.63, 3.8) is 0 Å². The first-order valence-electron chi connectivity index (χ1n) is 7.07. The van der Waals surface area contributed by atoms with Gasteiger partial charge in [0.15, 0.2) is 0 Å². The molecule has 2 aromatic carbocycles. The van der Waals surface area contributed by atoms with E-state index in [2.05, 4.69) is 39.4 Å². The van der Waals surface area contributed by atoms with Gasteiger partial charge in [0.1, 0.15) is 0 Å². The van der Waals surface area contributed by atoms with Crippen LogP contribution in [0.1, 0.15) is 24.0 Å². The zero-order valence-corrected chi connectivity index (χ0v) is 13.9. The minimum Gasteiger partial charge on any atom is -0.394 e. The second-order valence-corrected chi connectivity index (χ2v) is 6.77. The van der Waals surface area contributed by atoms with Gasteiger partial charge in [-0.3, -0.25) is 0 Å². The number of aliphatic hydroxyl groups excluding tert-OH is 1. The van der Waals surface area contributed by atoms with Crippen LogP contribution in [-0.4, -0.2) is 11.7 Å². The number of rotatable bonds is 3. The molecule has 2 nitrogen and oxygen atoms in total. The van der Waals surface area contributed by atoms with Crippen molar-refractivity contribution in [2.24, 2.45) is 0 Å². The SMILES string of the molecule is OCC1(Nc2ccc(Cl)c(Br)c2)CCCc2ccccc21. The molecule has 1 atom stereocenters. The topological polar surface area (TPSA) is 32.3 Å². The lowest BCUT2D eigenvalue weighted by molar-refractivity contribution is 0.194. The van der Waals surface area contributed by atoms with E-state index in [-0.39, 0.29) is 6.61 Å². The number of aryl methyl sites for hydroxylation is 1. The Kier molecular flexibility index (Phi) is 4.25. The summed E-state index contributed by atoms with van der Waals surface area (Å²) in [6, 6.07) is 14.1. The molecule has 110 valence electrons. The maximum atomic E-state index is 10.1. The summed E-state index contributed by atoms with van der Waals surface area (Å²) in [5.41, 5.74) is 3.06. The first-order chi connectivity index (χ1) is 10.1. The third-order valence-electron chi connectivity index (χ3n) is 4.16. The van der Waals surface area contributed by atoms with Crippen LogP contribution in [0.3, 0.4) is 0 Å². The molecule has 0 fully saturated rings. The summed E-state index contributed by atoms with van der Waals surface area (Å²) in [7, 11) is 0. The van der Waals surface area contributed by atoms with Crippen LogP contribution in [0.4, 0.5) is 5.69 Å². The maximum Gasteiger partial charge on any atom is 0.0859 e. The third kappa shape index (κ3) is 2.83. The number of aliphatic hydroxyl groups is 1. The van der Waals surface area contributed by atoms with Gasteiger partial charge in [-0.15, -0.1) is 0 Å². The zero-order chi connectivity index (χ0) is 14.9. The monoisotopic (exact) mass is 365 g/mol. The quantitative estimate of drug-likeness (QED) is 0.822. The first kappa shape index (κ1) is 14.9. The van der Waals surface area contributed by atoms with Gasteiger partial charge in [0.05, 0.1) is 17.2 Å². The van der Waals surface area contributed by atoms with Crippen LogP contribution in [0.25, 0.3) is 0 Å². The Bertz CT molecular complexity index is 661. The summed E-state index contributed by atoms with van der Waals surface area (Å²) >= 11 is 9.50. The number of halogens is 2. The largest absolute Gasteiger partial charge is 0.394 e. The van der Waals surface area contributed by atoms with Gasteiger partial charge in [-0.1, -0.05) is 35.9 Å². The molecular formula is C17H17BrClNO. The smallest absolute Gasteiger partial charge is 0.0859 e. The van der Waals surface area contributed by atoms with Crippen LogP contribution >= 0.6 is 27.5 Å². The van der Waals surface area contributed by atoms with E-state index >= 15 is 0 Å². The van der Waals surface area contributed by atoms with E-state index in [1.54, 1.807) is 0 Å². The predicted molar refractivity (Wildman–Crippen MR) is 90.9 cm³/mol. The second-order valence-electron chi connectivity index (χ2n) is 5.50. The highest BCUT2D eigenvalue weighted by atomic mass is 79.9. The van der Waals surface area contributed by atoms with Crippen molar-refractivity contribution in [2.75, 3.05) is 11.9 Å². The number of nitrogens with one attached hydrogen (secondary N) is 1. The molecule has 2 aromatic rings. The van der Waals surface area contributed by atoms with Gasteiger partial charge in [0, 0.05) is 10.2 Å². The van der Waals surface area contributed by atoms with E-state index in [9.17, 15) is 5.11 Å². The van der Waals surface area contributed by atoms with E-state index < -0.39 is 5.54 Å². The molecule has 0 spiro atoms. The lowest BCUT2D eigenvalue weighted by atomic mass is 9.77. The standard InChI is InChI=1S/C17H17BrClNO/c18-15-10-13(7-8-16(15)19)20-17(11-21)9-3-5-12-4-1-2-6-14(12)17/h1-2,4,6-8,10,20-21H,3,5,9,11H2. The number of hydrogen-bond donors (Lipinski definition) is 2. The molecule has 0 saturated heterocycles. The number of anilines is 1. The molecule has 0 aliphatic heterocycles. The molecule has 0 saturated carbocycles. The number of hydrogen-bond acceptors (Lipinski definition) is 2. The van der Waals surface area contributed by atoms with Crippen molar-refractivity contribution in [3.8, 4) is 0 Å². The van der Waals surface area contributed by atoms with Gasteiger partial charge in [0.2, 0.25) is 0 Å². The van der Waals surface area contributed by atoms with Crippen molar-refractivity contribution in [3.05, 3.63) is 63.1 Å². The summed E-state index contributed by atoms with van der Waals surface area (Å²) in [5, 5.41) is 14.3. The van der Waals surface area contributed by atoms with Crippen molar-refractivity contribution in [1.82, 2.24) is 0 Å². The first-order valence-corrected chi connectivity index (χ1v) is 8.24.